The van der Waals surface area contributed by atoms with E-state index in [2.05, 4.69) is 21.2 Å². The molecule has 86 valence electrons. The third-order valence-electron chi connectivity index (χ3n) is 2.65. The number of amides is 1. The molecule has 0 aromatic carbocycles. The van der Waals surface area contributed by atoms with E-state index in [4.69, 9.17) is 5.11 Å². The normalized spacial score (nSPS) is 16.8. The molecule has 16 heavy (non-hydrogen) atoms. The zero-order valence-corrected chi connectivity index (χ0v) is 10.7. The van der Waals surface area contributed by atoms with Crippen LogP contribution in [0.3, 0.4) is 0 Å². The highest BCUT2D eigenvalue weighted by molar-refractivity contribution is 9.11. The van der Waals surface area contributed by atoms with E-state index in [0.717, 1.165) is 8.66 Å². The second kappa shape index (κ2) is 4.18. The maximum Gasteiger partial charge on any atom is 0.319 e. The number of hydrogen-bond donors (Lipinski definition) is 2. The lowest BCUT2D eigenvalue weighted by atomic mass is 10.1. The molecule has 1 heterocycles. The predicted octanol–water partition coefficient (Wildman–Crippen LogP) is 1.99. The zero-order chi connectivity index (χ0) is 11.8. The van der Waals surface area contributed by atoms with Crippen molar-refractivity contribution < 1.29 is 14.7 Å². The van der Waals surface area contributed by atoms with E-state index in [1.54, 1.807) is 0 Å². The Labute approximate surface area is 105 Å². The summed E-state index contributed by atoms with van der Waals surface area (Å²) in [6, 6.07) is 3.80. The molecule has 1 aliphatic carbocycles. The molecule has 0 spiro atoms. The summed E-state index contributed by atoms with van der Waals surface area (Å²) in [5, 5.41) is 11.6. The van der Waals surface area contributed by atoms with Gasteiger partial charge in [0.15, 0.2) is 0 Å². The molecule has 0 saturated heterocycles. The van der Waals surface area contributed by atoms with Gasteiger partial charge in [0.05, 0.1) is 10.3 Å². The number of aliphatic carboxylic acids is 1. The van der Waals surface area contributed by atoms with Crippen LogP contribution in [0.25, 0.3) is 0 Å². The molecule has 0 unspecified atom stereocenters. The van der Waals surface area contributed by atoms with Gasteiger partial charge in [-0.2, -0.15) is 0 Å². The molecular weight excluding hydrogens is 294 g/mol. The van der Waals surface area contributed by atoms with Crippen molar-refractivity contribution in [2.24, 2.45) is 5.41 Å². The summed E-state index contributed by atoms with van der Waals surface area (Å²) in [6.45, 7) is 0.393. The Balaban J connectivity index is 1.92. The van der Waals surface area contributed by atoms with Crippen LogP contribution >= 0.6 is 27.3 Å². The highest BCUT2D eigenvalue weighted by Gasteiger charge is 2.56. The number of carbonyl (C=O) groups is 2. The van der Waals surface area contributed by atoms with Crippen LogP contribution in [-0.2, 0) is 16.1 Å². The highest BCUT2D eigenvalue weighted by Crippen LogP contribution is 2.46. The number of carboxylic acids is 1. The molecule has 1 aromatic heterocycles. The van der Waals surface area contributed by atoms with Crippen LogP contribution < -0.4 is 5.32 Å². The number of carbonyl (C=O) groups excluding carboxylic acids is 1. The monoisotopic (exact) mass is 303 g/mol. The number of nitrogens with one attached hydrogen (secondary N) is 1. The first-order chi connectivity index (χ1) is 7.54. The lowest BCUT2D eigenvalue weighted by Gasteiger charge is -2.09. The van der Waals surface area contributed by atoms with Gasteiger partial charge in [-0.05, 0) is 40.9 Å². The summed E-state index contributed by atoms with van der Waals surface area (Å²) in [4.78, 5) is 23.5. The van der Waals surface area contributed by atoms with Gasteiger partial charge in [-0.15, -0.1) is 11.3 Å². The third-order valence-corrected chi connectivity index (χ3v) is 4.27. The molecule has 1 aliphatic rings. The van der Waals surface area contributed by atoms with Crippen molar-refractivity contribution in [1.29, 1.82) is 0 Å². The summed E-state index contributed by atoms with van der Waals surface area (Å²) < 4.78 is 0.996. The standard InChI is InChI=1S/C10H10BrNO3S/c11-7-2-1-6(16-7)5-12-8(13)10(3-4-10)9(14)15/h1-2H,3-5H2,(H,12,13)(H,14,15). The van der Waals surface area contributed by atoms with Gasteiger partial charge in [0.25, 0.3) is 0 Å². The molecule has 0 radical (unpaired) electrons. The Morgan fingerprint density at radius 3 is 2.62 bits per heavy atom. The van der Waals surface area contributed by atoms with Crippen molar-refractivity contribution in [2.75, 3.05) is 0 Å². The molecule has 2 N–H and O–H groups in total. The van der Waals surface area contributed by atoms with Gasteiger partial charge in [0, 0.05) is 4.88 Å². The predicted molar refractivity (Wildman–Crippen MR) is 63.2 cm³/mol. The quantitative estimate of drug-likeness (QED) is 0.836. The van der Waals surface area contributed by atoms with E-state index >= 15 is 0 Å². The van der Waals surface area contributed by atoms with Crippen molar-refractivity contribution in [3.05, 3.63) is 20.8 Å². The topological polar surface area (TPSA) is 66.4 Å². The van der Waals surface area contributed by atoms with Crippen LogP contribution in [0.15, 0.2) is 15.9 Å². The van der Waals surface area contributed by atoms with Gasteiger partial charge in [0.2, 0.25) is 5.91 Å². The molecule has 6 heteroatoms. The SMILES string of the molecule is O=C(O)C1(C(=O)NCc2ccc(Br)s2)CC1. The van der Waals surface area contributed by atoms with Crippen LogP contribution in [0, 0.1) is 5.41 Å². The molecule has 4 nitrogen and oxygen atoms in total. The van der Waals surface area contributed by atoms with Gasteiger partial charge in [-0.25, -0.2) is 0 Å². The zero-order valence-electron chi connectivity index (χ0n) is 8.33. The van der Waals surface area contributed by atoms with Gasteiger partial charge < -0.3 is 10.4 Å². The number of carboxylic acid groups (broad SMARTS) is 1. The Kier molecular flexibility index (Phi) is 3.03. The lowest BCUT2D eigenvalue weighted by Crippen LogP contribution is -2.36. The maximum absolute atomic E-state index is 11.6. The van der Waals surface area contributed by atoms with Crippen molar-refractivity contribution in [3.8, 4) is 0 Å². The van der Waals surface area contributed by atoms with Crippen LogP contribution in [0.1, 0.15) is 17.7 Å². The van der Waals surface area contributed by atoms with Crippen molar-refractivity contribution in [2.45, 2.75) is 19.4 Å². The largest absolute Gasteiger partial charge is 0.480 e. The molecule has 1 fully saturated rings. The van der Waals surface area contributed by atoms with E-state index < -0.39 is 11.4 Å². The Hall–Kier alpha value is -0.880. The first-order valence-electron chi connectivity index (χ1n) is 4.80. The Bertz CT molecular complexity index is 439. The Morgan fingerprint density at radius 2 is 2.19 bits per heavy atom. The fraction of sp³-hybridized carbons (Fsp3) is 0.400. The highest BCUT2D eigenvalue weighted by atomic mass is 79.9. The van der Waals surface area contributed by atoms with Crippen LogP contribution in [-0.4, -0.2) is 17.0 Å². The second-order valence-corrected chi connectivity index (χ2v) is 6.32. The summed E-state index contributed by atoms with van der Waals surface area (Å²) in [6.07, 6.45) is 0.893. The molecule has 1 saturated carbocycles. The minimum absolute atomic E-state index is 0.371. The maximum atomic E-state index is 11.6. The van der Waals surface area contributed by atoms with Gasteiger partial charge in [0.1, 0.15) is 5.41 Å². The van der Waals surface area contributed by atoms with Crippen molar-refractivity contribution in [3.63, 3.8) is 0 Å². The number of thiophene rings is 1. The lowest BCUT2D eigenvalue weighted by molar-refractivity contribution is -0.149. The summed E-state index contributed by atoms with van der Waals surface area (Å²) in [7, 11) is 0. The molecule has 0 bridgehead atoms. The van der Waals surface area contributed by atoms with Gasteiger partial charge >= 0.3 is 5.97 Å². The van der Waals surface area contributed by atoms with Gasteiger partial charge in [-0.1, -0.05) is 0 Å². The Morgan fingerprint density at radius 1 is 1.50 bits per heavy atom. The molecular formula is C10H10BrNO3S. The summed E-state index contributed by atoms with van der Waals surface area (Å²) >= 11 is 4.85. The van der Waals surface area contributed by atoms with Crippen LogP contribution in [0.5, 0.6) is 0 Å². The molecule has 0 aliphatic heterocycles. The molecule has 1 amide bonds. The van der Waals surface area contributed by atoms with E-state index in [-0.39, 0.29) is 5.91 Å². The van der Waals surface area contributed by atoms with E-state index in [9.17, 15) is 9.59 Å². The fourth-order valence-corrected chi connectivity index (χ4v) is 2.87. The van der Waals surface area contributed by atoms with Gasteiger partial charge in [-0.3, -0.25) is 9.59 Å². The minimum Gasteiger partial charge on any atom is -0.480 e. The third kappa shape index (κ3) is 2.12. The first kappa shape index (κ1) is 11.6. The smallest absolute Gasteiger partial charge is 0.319 e. The first-order valence-corrected chi connectivity index (χ1v) is 6.41. The number of hydrogen-bond acceptors (Lipinski definition) is 3. The summed E-state index contributed by atoms with van der Waals surface area (Å²) in [5.74, 6) is -1.39. The molecule has 0 atom stereocenters. The second-order valence-electron chi connectivity index (χ2n) is 3.78. The van der Waals surface area contributed by atoms with Crippen molar-refractivity contribution in [1.82, 2.24) is 5.32 Å². The average Bonchev–Trinajstić information content (AvgIpc) is 2.95. The number of rotatable bonds is 4. The number of halogens is 1. The average molecular weight is 304 g/mol. The van der Waals surface area contributed by atoms with Crippen LogP contribution in [0.4, 0.5) is 0 Å². The fourth-order valence-electron chi connectivity index (χ4n) is 1.45. The molecule has 1 aromatic rings. The van der Waals surface area contributed by atoms with E-state index in [0.29, 0.717) is 19.4 Å². The van der Waals surface area contributed by atoms with Crippen molar-refractivity contribution >= 4 is 39.1 Å². The summed E-state index contributed by atoms with van der Waals surface area (Å²) in [5.41, 5.74) is -1.14. The van der Waals surface area contributed by atoms with E-state index in [1.165, 1.54) is 11.3 Å². The minimum atomic E-state index is -1.14. The van der Waals surface area contributed by atoms with Crippen LogP contribution in [0.2, 0.25) is 0 Å². The van der Waals surface area contributed by atoms with E-state index in [1.807, 2.05) is 12.1 Å². The molecule has 2 rings (SSSR count).